The second-order valence-electron chi connectivity index (χ2n) is 7.40. The van der Waals surface area contributed by atoms with Gasteiger partial charge >= 0.3 is 5.97 Å². The molecule has 0 fully saturated rings. The van der Waals surface area contributed by atoms with Crippen LogP contribution in [0.1, 0.15) is 30.4 Å². The summed E-state index contributed by atoms with van der Waals surface area (Å²) >= 11 is 0. The Hall–Kier alpha value is -3.81. The number of carboxylic acids is 1. The zero-order valence-electron chi connectivity index (χ0n) is 18.5. The molecule has 2 aromatic carbocycles. The monoisotopic (exact) mass is 438 g/mol. The van der Waals surface area contributed by atoms with Crippen molar-refractivity contribution in [1.29, 1.82) is 0 Å². The highest BCUT2D eigenvalue weighted by Gasteiger charge is 2.18. The number of carbonyl (C=O) groups is 2. The number of carbonyl (C=O) groups excluding carboxylic acids is 1. The topological polar surface area (TPSA) is 111 Å². The van der Waals surface area contributed by atoms with Gasteiger partial charge in [-0.1, -0.05) is 11.2 Å². The summed E-state index contributed by atoms with van der Waals surface area (Å²) in [5.41, 5.74) is 4.95. The zero-order valence-corrected chi connectivity index (χ0v) is 18.5. The van der Waals surface area contributed by atoms with E-state index in [1.807, 2.05) is 32.0 Å². The van der Waals surface area contributed by atoms with E-state index in [2.05, 4.69) is 10.5 Å². The number of methoxy groups -OCH3 is 2. The highest BCUT2D eigenvalue weighted by atomic mass is 16.5. The molecule has 1 aromatic heterocycles. The van der Waals surface area contributed by atoms with Gasteiger partial charge in [0.1, 0.15) is 11.5 Å². The van der Waals surface area contributed by atoms with Gasteiger partial charge in [0.25, 0.3) is 0 Å². The maximum atomic E-state index is 12.3. The number of nitrogens with one attached hydrogen (secondary N) is 1. The highest BCUT2D eigenvalue weighted by Crippen LogP contribution is 2.38. The number of carboxylic acid groups (broad SMARTS) is 1. The molecule has 0 aliphatic rings. The molecule has 0 atom stereocenters. The Bertz CT molecular complexity index is 1140. The molecular weight excluding hydrogens is 412 g/mol. The van der Waals surface area contributed by atoms with E-state index in [0.29, 0.717) is 17.2 Å². The van der Waals surface area contributed by atoms with Crippen LogP contribution in [0.15, 0.2) is 41.1 Å². The zero-order chi connectivity index (χ0) is 23.3. The van der Waals surface area contributed by atoms with Crippen molar-refractivity contribution in [2.75, 3.05) is 19.5 Å². The molecule has 3 aromatic rings. The van der Waals surface area contributed by atoms with Gasteiger partial charge in [-0.25, -0.2) is 0 Å². The van der Waals surface area contributed by atoms with Gasteiger partial charge in [0.15, 0.2) is 5.76 Å². The van der Waals surface area contributed by atoms with Crippen LogP contribution in [0.2, 0.25) is 0 Å². The predicted molar refractivity (Wildman–Crippen MR) is 120 cm³/mol. The number of ether oxygens (including phenoxy) is 2. The molecule has 0 saturated carbocycles. The van der Waals surface area contributed by atoms with E-state index in [1.165, 1.54) is 7.11 Å². The number of hydrogen-bond acceptors (Lipinski definition) is 6. The first-order valence-electron chi connectivity index (χ1n) is 10.1. The standard InChI is InChI=1S/C24H26N2O6/c1-14-10-17(12-21(31-4)15(14)2)24-18(13-25-32-24)16-8-9-20(30-3)19(11-16)26-22(27)6-5-7-23(28)29/h8-13H,5-7H2,1-4H3,(H,26,27)(H,28,29). The normalized spacial score (nSPS) is 10.6. The molecular formula is C24H26N2O6. The van der Waals surface area contributed by atoms with Crippen molar-refractivity contribution < 1.29 is 28.7 Å². The molecule has 0 saturated heterocycles. The smallest absolute Gasteiger partial charge is 0.303 e. The molecule has 0 aliphatic heterocycles. The number of aliphatic carboxylic acids is 1. The second-order valence-corrected chi connectivity index (χ2v) is 7.40. The van der Waals surface area contributed by atoms with Crippen LogP contribution < -0.4 is 14.8 Å². The van der Waals surface area contributed by atoms with Crippen molar-refractivity contribution in [1.82, 2.24) is 5.16 Å². The Morgan fingerprint density at radius 2 is 1.78 bits per heavy atom. The van der Waals surface area contributed by atoms with E-state index in [1.54, 1.807) is 25.4 Å². The van der Waals surface area contributed by atoms with Crippen LogP contribution in [0.25, 0.3) is 22.5 Å². The van der Waals surface area contributed by atoms with Crippen LogP contribution >= 0.6 is 0 Å². The highest BCUT2D eigenvalue weighted by molar-refractivity contribution is 5.94. The van der Waals surface area contributed by atoms with Crippen molar-refractivity contribution in [3.05, 3.63) is 47.7 Å². The molecule has 0 aliphatic carbocycles. The maximum Gasteiger partial charge on any atom is 0.303 e. The van der Waals surface area contributed by atoms with E-state index in [9.17, 15) is 9.59 Å². The predicted octanol–water partition coefficient (Wildman–Crippen LogP) is 4.84. The summed E-state index contributed by atoms with van der Waals surface area (Å²) < 4.78 is 16.4. The van der Waals surface area contributed by atoms with Crippen LogP contribution in [-0.4, -0.2) is 36.4 Å². The fourth-order valence-electron chi connectivity index (χ4n) is 3.41. The van der Waals surface area contributed by atoms with Crippen LogP contribution in [0.4, 0.5) is 5.69 Å². The van der Waals surface area contributed by atoms with E-state index < -0.39 is 5.97 Å². The Labute approximate surface area is 186 Å². The molecule has 0 radical (unpaired) electrons. The van der Waals surface area contributed by atoms with Crippen molar-refractivity contribution >= 4 is 17.6 Å². The fraction of sp³-hybridized carbons (Fsp3) is 0.292. The van der Waals surface area contributed by atoms with E-state index in [0.717, 1.165) is 33.6 Å². The third-order valence-corrected chi connectivity index (χ3v) is 5.25. The lowest BCUT2D eigenvalue weighted by Gasteiger charge is -2.13. The number of aromatic nitrogens is 1. The summed E-state index contributed by atoms with van der Waals surface area (Å²) in [6.45, 7) is 4.00. The average Bonchev–Trinajstić information content (AvgIpc) is 3.25. The van der Waals surface area contributed by atoms with Gasteiger partial charge < -0.3 is 24.4 Å². The molecule has 2 N–H and O–H groups in total. The largest absolute Gasteiger partial charge is 0.496 e. The van der Waals surface area contributed by atoms with E-state index in [-0.39, 0.29) is 25.2 Å². The number of amides is 1. The van der Waals surface area contributed by atoms with Gasteiger partial charge in [0.05, 0.1) is 26.1 Å². The lowest BCUT2D eigenvalue weighted by Crippen LogP contribution is -2.12. The Kier molecular flexibility index (Phi) is 7.14. The molecule has 168 valence electrons. The first-order valence-corrected chi connectivity index (χ1v) is 10.1. The Morgan fingerprint density at radius 3 is 2.47 bits per heavy atom. The quantitative estimate of drug-likeness (QED) is 0.492. The molecule has 8 heteroatoms. The molecule has 0 bridgehead atoms. The van der Waals surface area contributed by atoms with Gasteiger partial charge in [0, 0.05) is 24.0 Å². The molecule has 0 spiro atoms. The minimum Gasteiger partial charge on any atom is -0.496 e. The first-order chi connectivity index (χ1) is 15.3. The molecule has 1 amide bonds. The minimum atomic E-state index is -0.930. The minimum absolute atomic E-state index is 0.0614. The molecule has 8 nitrogen and oxygen atoms in total. The van der Waals surface area contributed by atoms with Crippen molar-refractivity contribution in [2.24, 2.45) is 0 Å². The molecule has 3 rings (SSSR count). The second kappa shape index (κ2) is 10.00. The van der Waals surface area contributed by atoms with Gasteiger partial charge in [-0.3, -0.25) is 9.59 Å². The summed E-state index contributed by atoms with van der Waals surface area (Å²) in [5.74, 6) is 0.611. The van der Waals surface area contributed by atoms with Crippen molar-refractivity contribution in [2.45, 2.75) is 33.1 Å². The lowest BCUT2D eigenvalue weighted by atomic mass is 9.98. The average molecular weight is 438 g/mol. The van der Waals surface area contributed by atoms with Crippen LogP contribution in [0.5, 0.6) is 11.5 Å². The number of anilines is 1. The van der Waals surface area contributed by atoms with Crippen LogP contribution in [0, 0.1) is 13.8 Å². The third kappa shape index (κ3) is 5.08. The summed E-state index contributed by atoms with van der Waals surface area (Å²) in [5, 5.41) is 15.5. The van der Waals surface area contributed by atoms with Gasteiger partial charge in [-0.2, -0.15) is 0 Å². The summed E-state index contributed by atoms with van der Waals surface area (Å²) in [6, 6.07) is 9.30. The van der Waals surface area contributed by atoms with Crippen LogP contribution in [0.3, 0.4) is 0 Å². The van der Waals surface area contributed by atoms with Gasteiger partial charge in [-0.15, -0.1) is 0 Å². The summed E-state index contributed by atoms with van der Waals surface area (Å²) in [4.78, 5) is 23.0. The lowest BCUT2D eigenvalue weighted by molar-refractivity contribution is -0.137. The Balaban J connectivity index is 1.93. The number of hydrogen-bond donors (Lipinski definition) is 2. The maximum absolute atomic E-state index is 12.3. The molecule has 0 unspecified atom stereocenters. The van der Waals surface area contributed by atoms with Crippen molar-refractivity contribution in [3.8, 4) is 33.9 Å². The Morgan fingerprint density at radius 1 is 1.03 bits per heavy atom. The SMILES string of the molecule is COc1ccc(-c2cnoc2-c2cc(C)c(C)c(OC)c2)cc1NC(=O)CCCC(=O)O. The molecule has 1 heterocycles. The fourth-order valence-corrected chi connectivity index (χ4v) is 3.41. The third-order valence-electron chi connectivity index (χ3n) is 5.25. The van der Waals surface area contributed by atoms with E-state index >= 15 is 0 Å². The number of rotatable bonds is 9. The number of benzene rings is 2. The first kappa shape index (κ1) is 22.9. The van der Waals surface area contributed by atoms with Crippen LogP contribution in [-0.2, 0) is 9.59 Å². The molecule has 32 heavy (non-hydrogen) atoms. The summed E-state index contributed by atoms with van der Waals surface area (Å²) in [6.07, 6.45) is 1.92. The van der Waals surface area contributed by atoms with Gasteiger partial charge in [0.2, 0.25) is 5.91 Å². The number of nitrogens with zero attached hydrogens (tertiary/aromatic N) is 1. The van der Waals surface area contributed by atoms with Gasteiger partial charge in [-0.05, 0) is 61.2 Å². The number of aryl methyl sites for hydroxylation is 1. The summed E-state index contributed by atoms with van der Waals surface area (Å²) in [7, 11) is 3.14. The van der Waals surface area contributed by atoms with E-state index in [4.69, 9.17) is 19.1 Å². The van der Waals surface area contributed by atoms with Crippen molar-refractivity contribution in [3.63, 3.8) is 0 Å².